The molecule has 0 aromatic heterocycles. The molecule has 1 unspecified atom stereocenters. The first-order valence-electron chi connectivity index (χ1n) is 5.25. The van der Waals surface area contributed by atoms with Crippen molar-refractivity contribution < 1.29 is 9.53 Å². The lowest BCUT2D eigenvalue weighted by Gasteiger charge is -2.29. The van der Waals surface area contributed by atoms with E-state index in [9.17, 15) is 4.79 Å². The molecule has 0 spiro atoms. The largest absolute Gasteiger partial charge is 0.383 e. The fourth-order valence-corrected chi connectivity index (χ4v) is 1.57. The highest BCUT2D eigenvalue weighted by atomic mass is 16.5. The molecule has 0 aromatic rings. The minimum Gasteiger partial charge on any atom is -0.383 e. The molecular weight excluding hydrogens is 192 g/mol. The standard InChI is InChI=1S/C11H24N2O2/c1-9(7-10(14)13(4)5)12-11(2,3)8-15-6/h9,12H,7-8H2,1-6H3. The molecule has 0 radical (unpaired) electrons. The Kier molecular flexibility index (Phi) is 5.83. The van der Waals surface area contributed by atoms with Crippen LogP contribution in [0.3, 0.4) is 0 Å². The highest BCUT2D eigenvalue weighted by molar-refractivity contribution is 5.76. The Morgan fingerprint density at radius 2 is 2.00 bits per heavy atom. The van der Waals surface area contributed by atoms with Gasteiger partial charge < -0.3 is 15.0 Å². The quantitative estimate of drug-likeness (QED) is 0.716. The number of hydrogen-bond acceptors (Lipinski definition) is 3. The molecule has 0 bridgehead atoms. The third-order valence-electron chi connectivity index (χ3n) is 2.12. The summed E-state index contributed by atoms with van der Waals surface area (Å²) in [4.78, 5) is 13.1. The molecule has 0 saturated carbocycles. The second kappa shape index (κ2) is 6.08. The third-order valence-corrected chi connectivity index (χ3v) is 2.12. The van der Waals surface area contributed by atoms with Crippen molar-refractivity contribution in [1.82, 2.24) is 10.2 Å². The average molecular weight is 216 g/mol. The molecule has 0 aliphatic heterocycles. The van der Waals surface area contributed by atoms with Gasteiger partial charge in [-0.1, -0.05) is 0 Å². The molecule has 0 heterocycles. The van der Waals surface area contributed by atoms with Gasteiger partial charge in [-0.25, -0.2) is 0 Å². The van der Waals surface area contributed by atoms with Crippen molar-refractivity contribution in [2.24, 2.45) is 0 Å². The Morgan fingerprint density at radius 3 is 2.40 bits per heavy atom. The molecule has 0 fully saturated rings. The summed E-state index contributed by atoms with van der Waals surface area (Å²) in [7, 11) is 5.23. The first-order chi connectivity index (χ1) is 6.78. The minimum atomic E-state index is -0.0965. The Hall–Kier alpha value is -0.610. The van der Waals surface area contributed by atoms with Crippen LogP contribution in [-0.4, -0.2) is 50.2 Å². The number of rotatable bonds is 6. The number of carbonyl (C=O) groups excluding carboxylic acids is 1. The van der Waals surface area contributed by atoms with Crippen molar-refractivity contribution in [2.75, 3.05) is 27.8 Å². The van der Waals surface area contributed by atoms with Gasteiger partial charge in [0.25, 0.3) is 0 Å². The highest BCUT2D eigenvalue weighted by Gasteiger charge is 2.21. The maximum Gasteiger partial charge on any atom is 0.223 e. The van der Waals surface area contributed by atoms with E-state index in [2.05, 4.69) is 19.2 Å². The first kappa shape index (κ1) is 14.4. The molecule has 0 aliphatic rings. The van der Waals surface area contributed by atoms with E-state index in [1.807, 2.05) is 6.92 Å². The van der Waals surface area contributed by atoms with Crippen molar-refractivity contribution in [3.63, 3.8) is 0 Å². The number of methoxy groups -OCH3 is 1. The van der Waals surface area contributed by atoms with Crippen LogP contribution >= 0.6 is 0 Å². The van der Waals surface area contributed by atoms with E-state index < -0.39 is 0 Å². The zero-order valence-corrected chi connectivity index (χ0v) is 10.8. The Bertz CT molecular complexity index is 203. The van der Waals surface area contributed by atoms with E-state index in [-0.39, 0.29) is 17.5 Å². The second-order valence-corrected chi connectivity index (χ2v) is 4.85. The van der Waals surface area contributed by atoms with E-state index in [1.165, 1.54) is 0 Å². The van der Waals surface area contributed by atoms with Gasteiger partial charge in [0.1, 0.15) is 0 Å². The molecule has 4 nitrogen and oxygen atoms in total. The van der Waals surface area contributed by atoms with Crippen molar-refractivity contribution >= 4 is 5.91 Å². The summed E-state index contributed by atoms with van der Waals surface area (Å²) in [5, 5.41) is 3.37. The van der Waals surface area contributed by atoms with E-state index in [0.717, 1.165) is 0 Å². The SMILES string of the molecule is COCC(C)(C)NC(C)CC(=O)N(C)C. The van der Waals surface area contributed by atoms with Gasteiger partial charge in [-0.15, -0.1) is 0 Å². The van der Waals surface area contributed by atoms with Crippen LogP contribution < -0.4 is 5.32 Å². The van der Waals surface area contributed by atoms with Crippen LogP contribution in [0.25, 0.3) is 0 Å². The van der Waals surface area contributed by atoms with E-state index in [1.54, 1.807) is 26.1 Å². The maximum absolute atomic E-state index is 11.5. The lowest BCUT2D eigenvalue weighted by molar-refractivity contribution is -0.129. The fraction of sp³-hybridized carbons (Fsp3) is 0.909. The summed E-state index contributed by atoms with van der Waals surface area (Å²) in [5.74, 6) is 0.142. The van der Waals surface area contributed by atoms with Gasteiger partial charge in [0.2, 0.25) is 5.91 Å². The molecule has 0 rings (SSSR count). The molecule has 0 aliphatic carbocycles. The molecule has 1 N–H and O–H groups in total. The van der Waals surface area contributed by atoms with E-state index >= 15 is 0 Å². The molecule has 15 heavy (non-hydrogen) atoms. The number of hydrogen-bond donors (Lipinski definition) is 1. The lowest BCUT2D eigenvalue weighted by atomic mass is 10.0. The molecular formula is C11H24N2O2. The normalized spacial score (nSPS) is 13.7. The third kappa shape index (κ3) is 6.47. The first-order valence-corrected chi connectivity index (χ1v) is 5.25. The summed E-state index contributed by atoms with van der Waals surface area (Å²) < 4.78 is 5.10. The number of nitrogens with one attached hydrogen (secondary N) is 1. The van der Waals surface area contributed by atoms with Crippen LogP contribution in [0.1, 0.15) is 27.2 Å². The van der Waals surface area contributed by atoms with Crippen molar-refractivity contribution in [1.29, 1.82) is 0 Å². The van der Waals surface area contributed by atoms with Crippen LogP contribution in [0.5, 0.6) is 0 Å². The monoisotopic (exact) mass is 216 g/mol. The number of nitrogens with zero attached hydrogens (tertiary/aromatic N) is 1. The summed E-state index contributed by atoms with van der Waals surface area (Å²) in [6, 6.07) is 0.157. The molecule has 90 valence electrons. The summed E-state index contributed by atoms with van der Waals surface area (Å²) >= 11 is 0. The molecule has 0 saturated heterocycles. The summed E-state index contributed by atoms with van der Waals surface area (Å²) in [6.07, 6.45) is 0.514. The van der Waals surface area contributed by atoms with E-state index in [4.69, 9.17) is 4.74 Å². The van der Waals surface area contributed by atoms with Crippen molar-refractivity contribution in [3.8, 4) is 0 Å². The van der Waals surface area contributed by atoms with Crippen LogP contribution in [0.4, 0.5) is 0 Å². The van der Waals surface area contributed by atoms with Gasteiger partial charge in [0.15, 0.2) is 0 Å². The number of amides is 1. The van der Waals surface area contributed by atoms with Gasteiger partial charge in [-0.3, -0.25) is 4.79 Å². The molecule has 1 atom stereocenters. The zero-order valence-electron chi connectivity index (χ0n) is 10.8. The van der Waals surface area contributed by atoms with Gasteiger partial charge in [0, 0.05) is 39.2 Å². The maximum atomic E-state index is 11.5. The second-order valence-electron chi connectivity index (χ2n) is 4.85. The number of carbonyl (C=O) groups is 1. The van der Waals surface area contributed by atoms with Gasteiger partial charge in [-0.2, -0.15) is 0 Å². The van der Waals surface area contributed by atoms with Gasteiger partial charge in [0.05, 0.1) is 6.61 Å². The predicted molar refractivity (Wildman–Crippen MR) is 61.9 cm³/mol. The summed E-state index contributed by atoms with van der Waals surface area (Å²) in [6.45, 7) is 6.77. The Morgan fingerprint density at radius 1 is 1.47 bits per heavy atom. The fourth-order valence-electron chi connectivity index (χ4n) is 1.57. The molecule has 0 aromatic carbocycles. The average Bonchev–Trinajstić information content (AvgIpc) is 2.01. The van der Waals surface area contributed by atoms with E-state index in [0.29, 0.717) is 13.0 Å². The Balaban J connectivity index is 4.02. The van der Waals surface area contributed by atoms with Gasteiger partial charge in [-0.05, 0) is 20.8 Å². The zero-order chi connectivity index (χ0) is 12.1. The van der Waals surface area contributed by atoms with Crippen LogP contribution in [-0.2, 0) is 9.53 Å². The lowest BCUT2D eigenvalue weighted by Crippen LogP contribution is -2.49. The summed E-state index contributed by atoms with van der Waals surface area (Å²) in [5.41, 5.74) is -0.0965. The molecule has 4 heteroatoms. The number of ether oxygens (including phenoxy) is 1. The highest BCUT2D eigenvalue weighted by Crippen LogP contribution is 2.06. The molecule has 1 amide bonds. The van der Waals surface area contributed by atoms with Crippen molar-refractivity contribution in [3.05, 3.63) is 0 Å². The van der Waals surface area contributed by atoms with Crippen LogP contribution in [0.2, 0.25) is 0 Å². The van der Waals surface area contributed by atoms with Crippen LogP contribution in [0.15, 0.2) is 0 Å². The van der Waals surface area contributed by atoms with Crippen LogP contribution in [0, 0.1) is 0 Å². The smallest absolute Gasteiger partial charge is 0.223 e. The Labute approximate surface area is 93.0 Å². The van der Waals surface area contributed by atoms with Gasteiger partial charge >= 0.3 is 0 Å². The minimum absolute atomic E-state index is 0.0965. The predicted octanol–water partition coefficient (Wildman–Crippen LogP) is 0.868. The van der Waals surface area contributed by atoms with Crippen molar-refractivity contribution in [2.45, 2.75) is 38.8 Å². The topological polar surface area (TPSA) is 41.6 Å².